The molecule has 2 rings (SSSR count). The van der Waals surface area contributed by atoms with Gasteiger partial charge in [-0.15, -0.1) is 0 Å². The van der Waals surface area contributed by atoms with Crippen LogP contribution in [0.2, 0.25) is 0 Å². The second-order valence-corrected chi connectivity index (χ2v) is 6.80. The highest BCUT2D eigenvalue weighted by atomic mass is 16.2. The number of likely N-dealkylation sites (tertiary alicyclic amines) is 1. The van der Waals surface area contributed by atoms with Crippen LogP contribution in [-0.4, -0.2) is 35.8 Å². The standard InChI is InChI=1S/C15H26N2O2/c1-15(2)8-7-12(10-15)16-13(18)11-17-9-5-3-4-6-14(17)19/h12H,3-11H2,1-2H3,(H,16,18). The molecule has 4 nitrogen and oxygen atoms in total. The Bertz CT molecular complexity index is 352. The largest absolute Gasteiger partial charge is 0.352 e. The summed E-state index contributed by atoms with van der Waals surface area (Å²) < 4.78 is 0. The van der Waals surface area contributed by atoms with Gasteiger partial charge < -0.3 is 10.2 Å². The van der Waals surface area contributed by atoms with Crippen LogP contribution in [0.25, 0.3) is 0 Å². The Morgan fingerprint density at radius 2 is 2.16 bits per heavy atom. The average molecular weight is 266 g/mol. The Balaban J connectivity index is 1.79. The van der Waals surface area contributed by atoms with E-state index in [0.29, 0.717) is 17.9 Å². The summed E-state index contributed by atoms with van der Waals surface area (Å²) >= 11 is 0. The summed E-state index contributed by atoms with van der Waals surface area (Å²) in [6.45, 7) is 5.48. The summed E-state index contributed by atoms with van der Waals surface area (Å²) in [5.41, 5.74) is 0.344. The van der Waals surface area contributed by atoms with Crippen molar-refractivity contribution < 1.29 is 9.59 Å². The minimum absolute atomic E-state index is 0.0120. The van der Waals surface area contributed by atoms with Crippen molar-refractivity contribution in [3.63, 3.8) is 0 Å². The fraction of sp³-hybridized carbons (Fsp3) is 0.867. The zero-order valence-corrected chi connectivity index (χ0v) is 12.2. The summed E-state index contributed by atoms with van der Waals surface area (Å²) in [4.78, 5) is 25.6. The van der Waals surface area contributed by atoms with Crippen LogP contribution < -0.4 is 5.32 Å². The molecule has 1 saturated carbocycles. The van der Waals surface area contributed by atoms with Gasteiger partial charge in [0.25, 0.3) is 0 Å². The molecule has 1 aliphatic carbocycles. The molecule has 1 unspecified atom stereocenters. The molecule has 1 aliphatic heterocycles. The van der Waals surface area contributed by atoms with Crippen LogP contribution in [0.5, 0.6) is 0 Å². The summed E-state index contributed by atoms with van der Waals surface area (Å²) in [5, 5.41) is 3.09. The van der Waals surface area contributed by atoms with Crippen LogP contribution in [0, 0.1) is 5.41 Å². The van der Waals surface area contributed by atoms with E-state index in [0.717, 1.165) is 38.6 Å². The predicted molar refractivity (Wildman–Crippen MR) is 74.6 cm³/mol. The highest BCUT2D eigenvalue weighted by molar-refractivity contribution is 5.85. The maximum atomic E-state index is 12.0. The van der Waals surface area contributed by atoms with Gasteiger partial charge >= 0.3 is 0 Å². The van der Waals surface area contributed by atoms with Gasteiger partial charge in [0.2, 0.25) is 11.8 Å². The number of hydrogen-bond donors (Lipinski definition) is 1. The SMILES string of the molecule is CC1(C)CCC(NC(=O)CN2CCCCCC2=O)C1. The molecule has 1 N–H and O–H groups in total. The van der Waals surface area contributed by atoms with Crippen LogP contribution >= 0.6 is 0 Å². The second-order valence-electron chi connectivity index (χ2n) is 6.80. The van der Waals surface area contributed by atoms with Gasteiger partial charge in [-0.25, -0.2) is 0 Å². The maximum absolute atomic E-state index is 12.0. The average Bonchev–Trinajstić information content (AvgIpc) is 2.53. The first-order valence-electron chi connectivity index (χ1n) is 7.53. The summed E-state index contributed by atoms with van der Waals surface area (Å²) in [6, 6.07) is 0.296. The number of hydrogen-bond acceptors (Lipinski definition) is 2. The molecule has 19 heavy (non-hydrogen) atoms. The van der Waals surface area contributed by atoms with Crippen LogP contribution in [0.15, 0.2) is 0 Å². The number of rotatable bonds is 3. The third-order valence-corrected chi connectivity index (χ3v) is 4.34. The van der Waals surface area contributed by atoms with Crippen molar-refractivity contribution in [1.82, 2.24) is 10.2 Å². The summed E-state index contributed by atoms with van der Waals surface area (Å²) in [6.07, 6.45) is 6.97. The third-order valence-electron chi connectivity index (χ3n) is 4.34. The molecular formula is C15H26N2O2. The van der Waals surface area contributed by atoms with Crippen LogP contribution in [-0.2, 0) is 9.59 Å². The van der Waals surface area contributed by atoms with Crippen molar-refractivity contribution in [2.45, 2.75) is 64.8 Å². The summed E-state index contributed by atoms with van der Waals surface area (Å²) in [7, 11) is 0. The van der Waals surface area contributed by atoms with Gasteiger partial charge in [0.1, 0.15) is 0 Å². The van der Waals surface area contributed by atoms with E-state index in [1.165, 1.54) is 6.42 Å². The zero-order chi connectivity index (χ0) is 13.9. The van der Waals surface area contributed by atoms with Crippen molar-refractivity contribution in [3.8, 4) is 0 Å². The second kappa shape index (κ2) is 5.93. The molecule has 0 aromatic heterocycles. The topological polar surface area (TPSA) is 49.4 Å². The van der Waals surface area contributed by atoms with E-state index in [2.05, 4.69) is 19.2 Å². The van der Waals surface area contributed by atoms with E-state index in [1.54, 1.807) is 4.90 Å². The number of nitrogens with zero attached hydrogens (tertiary/aromatic N) is 1. The normalized spacial score (nSPS) is 27.2. The zero-order valence-electron chi connectivity index (χ0n) is 12.2. The number of nitrogens with one attached hydrogen (secondary N) is 1. The fourth-order valence-electron chi connectivity index (χ4n) is 3.21. The maximum Gasteiger partial charge on any atom is 0.239 e. The molecule has 2 amide bonds. The van der Waals surface area contributed by atoms with Gasteiger partial charge in [-0.05, 0) is 37.5 Å². The van der Waals surface area contributed by atoms with Crippen LogP contribution in [0.4, 0.5) is 0 Å². The minimum Gasteiger partial charge on any atom is -0.352 e. The molecule has 2 fully saturated rings. The lowest BCUT2D eigenvalue weighted by molar-refractivity contribution is -0.135. The lowest BCUT2D eigenvalue weighted by Crippen LogP contribution is -2.43. The monoisotopic (exact) mass is 266 g/mol. The smallest absolute Gasteiger partial charge is 0.239 e. The van der Waals surface area contributed by atoms with Crippen molar-refractivity contribution in [2.24, 2.45) is 5.41 Å². The Hall–Kier alpha value is -1.06. The first kappa shape index (κ1) is 14.4. The molecule has 2 aliphatic rings. The van der Waals surface area contributed by atoms with Gasteiger partial charge in [0, 0.05) is 19.0 Å². The van der Waals surface area contributed by atoms with E-state index >= 15 is 0 Å². The van der Waals surface area contributed by atoms with Gasteiger partial charge in [-0.3, -0.25) is 9.59 Å². The van der Waals surface area contributed by atoms with Crippen molar-refractivity contribution in [3.05, 3.63) is 0 Å². The van der Waals surface area contributed by atoms with Gasteiger partial charge in [0.15, 0.2) is 0 Å². The number of carbonyl (C=O) groups excluding carboxylic acids is 2. The number of carbonyl (C=O) groups is 2. The molecule has 4 heteroatoms. The number of amides is 2. The molecule has 108 valence electrons. The highest BCUT2D eigenvalue weighted by Gasteiger charge is 2.32. The van der Waals surface area contributed by atoms with Crippen molar-refractivity contribution >= 4 is 11.8 Å². The summed E-state index contributed by atoms with van der Waals surface area (Å²) in [5.74, 6) is 0.150. The molecule has 0 aromatic carbocycles. The van der Waals surface area contributed by atoms with E-state index < -0.39 is 0 Å². The molecular weight excluding hydrogens is 240 g/mol. The van der Waals surface area contributed by atoms with Gasteiger partial charge in [-0.1, -0.05) is 20.3 Å². The van der Waals surface area contributed by atoms with E-state index in [4.69, 9.17) is 0 Å². The lowest BCUT2D eigenvalue weighted by atomic mass is 9.92. The molecule has 1 heterocycles. The first-order chi connectivity index (χ1) is 8.96. The van der Waals surface area contributed by atoms with Crippen LogP contribution in [0.1, 0.15) is 58.8 Å². The fourth-order valence-corrected chi connectivity index (χ4v) is 3.21. The molecule has 1 saturated heterocycles. The molecule has 0 aromatic rings. The Morgan fingerprint density at radius 1 is 1.37 bits per heavy atom. The Morgan fingerprint density at radius 3 is 2.84 bits per heavy atom. The van der Waals surface area contributed by atoms with Gasteiger partial charge in [0.05, 0.1) is 6.54 Å². The third kappa shape index (κ3) is 4.22. The lowest BCUT2D eigenvalue weighted by Gasteiger charge is -2.22. The molecule has 1 atom stereocenters. The molecule has 0 spiro atoms. The van der Waals surface area contributed by atoms with E-state index in [-0.39, 0.29) is 18.4 Å². The van der Waals surface area contributed by atoms with Gasteiger partial charge in [-0.2, -0.15) is 0 Å². The predicted octanol–water partition coefficient (Wildman–Crippen LogP) is 2.08. The molecule has 0 bridgehead atoms. The molecule has 0 radical (unpaired) electrons. The Kier molecular flexibility index (Phi) is 4.48. The van der Waals surface area contributed by atoms with Crippen molar-refractivity contribution in [1.29, 1.82) is 0 Å². The van der Waals surface area contributed by atoms with Crippen molar-refractivity contribution in [2.75, 3.05) is 13.1 Å². The first-order valence-corrected chi connectivity index (χ1v) is 7.53. The van der Waals surface area contributed by atoms with E-state index in [9.17, 15) is 9.59 Å². The van der Waals surface area contributed by atoms with E-state index in [1.807, 2.05) is 0 Å². The highest BCUT2D eigenvalue weighted by Crippen LogP contribution is 2.36. The Labute approximate surface area is 115 Å². The minimum atomic E-state index is 0.0120. The quantitative estimate of drug-likeness (QED) is 0.850. The van der Waals surface area contributed by atoms with Crippen LogP contribution in [0.3, 0.4) is 0 Å².